The van der Waals surface area contributed by atoms with Crippen LogP contribution in [0.3, 0.4) is 0 Å². The van der Waals surface area contributed by atoms with Gasteiger partial charge in [-0.05, 0) is 59.2 Å². The summed E-state index contributed by atoms with van der Waals surface area (Å²) in [6, 6.07) is -0.0511. The molecule has 0 aliphatic carbocycles. The Morgan fingerprint density at radius 3 is 2.47 bits per heavy atom. The van der Waals surface area contributed by atoms with Crippen LogP contribution < -0.4 is 10.6 Å². The number of carbonyl (C=O) groups is 1. The second-order valence-electron chi connectivity index (χ2n) is 4.83. The number of hydrogen-bond donors (Lipinski definition) is 2. The van der Waals surface area contributed by atoms with Crippen LogP contribution in [-0.4, -0.2) is 49.6 Å². The molecule has 4 heteroatoms. The predicted molar refractivity (Wildman–Crippen MR) is 71.0 cm³/mol. The van der Waals surface area contributed by atoms with Crippen LogP contribution in [0.2, 0.25) is 0 Å². The Bertz CT molecular complexity index is 223. The minimum Gasteiger partial charge on any atom is -0.342 e. The lowest BCUT2D eigenvalue weighted by Crippen LogP contribution is -2.46. The molecule has 0 radical (unpaired) electrons. The normalized spacial score (nSPS) is 19.0. The fourth-order valence-electron chi connectivity index (χ4n) is 2.33. The van der Waals surface area contributed by atoms with E-state index in [1.807, 2.05) is 25.7 Å². The van der Waals surface area contributed by atoms with Gasteiger partial charge in [0.25, 0.3) is 0 Å². The van der Waals surface area contributed by atoms with E-state index in [0.29, 0.717) is 0 Å². The van der Waals surface area contributed by atoms with Gasteiger partial charge in [0.15, 0.2) is 0 Å². The van der Waals surface area contributed by atoms with Crippen molar-refractivity contribution < 1.29 is 4.79 Å². The van der Waals surface area contributed by atoms with Crippen LogP contribution in [0.1, 0.15) is 33.6 Å². The quantitative estimate of drug-likeness (QED) is 0.724. The molecule has 0 bridgehead atoms. The van der Waals surface area contributed by atoms with Gasteiger partial charge in [0.1, 0.15) is 0 Å². The largest absolute Gasteiger partial charge is 0.342 e. The molecule has 0 saturated carbocycles. The highest BCUT2D eigenvalue weighted by Gasteiger charge is 2.19. The van der Waals surface area contributed by atoms with E-state index >= 15 is 0 Å². The zero-order valence-corrected chi connectivity index (χ0v) is 11.5. The third kappa shape index (κ3) is 4.64. The Balaban J connectivity index is 2.27. The summed E-state index contributed by atoms with van der Waals surface area (Å²) < 4.78 is 0. The van der Waals surface area contributed by atoms with Crippen LogP contribution in [0.25, 0.3) is 0 Å². The van der Waals surface area contributed by atoms with Gasteiger partial charge in [-0.2, -0.15) is 0 Å². The highest BCUT2D eigenvalue weighted by Crippen LogP contribution is 2.10. The minimum atomic E-state index is -0.0511. The fraction of sp³-hybridized carbons (Fsp3) is 0.923. The molecule has 1 aliphatic heterocycles. The van der Waals surface area contributed by atoms with Gasteiger partial charge in [-0.25, -0.2) is 0 Å². The summed E-state index contributed by atoms with van der Waals surface area (Å²) in [4.78, 5) is 13.9. The second kappa shape index (κ2) is 7.67. The third-order valence-electron chi connectivity index (χ3n) is 3.62. The SMILES string of the molecule is CCN(CC)C(=O)C(C)NCC1CCNCC1. The zero-order valence-electron chi connectivity index (χ0n) is 11.5. The first-order chi connectivity index (χ1) is 8.19. The summed E-state index contributed by atoms with van der Waals surface area (Å²) in [5.41, 5.74) is 0. The highest BCUT2D eigenvalue weighted by atomic mass is 16.2. The van der Waals surface area contributed by atoms with E-state index in [1.165, 1.54) is 12.8 Å². The monoisotopic (exact) mass is 241 g/mol. The van der Waals surface area contributed by atoms with E-state index in [1.54, 1.807) is 0 Å². The fourth-order valence-corrected chi connectivity index (χ4v) is 2.33. The molecule has 1 saturated heterocycles. The first kappa shape index (κ1) is 14.5. The number of piperidine rings is 1. The summed E-state index contributed by atoms with van der Waals surface area (Å²) in [5.74, 6) is 0.951. The Labute approximate surface area is 105 Å². The average molecular weight is 241 g/mol. The zero-order chi connectivity index (χ0) is 12.7. The predicted octanol–water partition coefficient (Wildman–Crippen LogP) is 0.833. The van der Waals surface area contributed by atoms with Crippen molar-refractivity contribution in [3.05, 3.63) is 0 Å². The Morgan fingerprint density at radius 1 is 1.35 bits per heavy atom. The van der Waals surface area contributed by atoms with Gasteiger partial charge in [0.05, 0.1) is 6.04 Å². The third-order valence-corrected chi connectivity index (χ3v) is 3.62. The molecule has 17 heavy (non-hydrogen) atoms. The van der Waals surface area contributed by atoms with Gasteiger partial charge >= 0.3 is 0 Å². The molecular weight excluding hydrogens is 214 g/mol. The number of carbonyl (C=O) groups excluding carboxylic acids is 1. The topological polar surface area (TPSA) is 44.4 Å². The van der Waals surface area contributed by atoms with Crippen molar-refractivity contribution in [2.75, 3.05) is 32.7 Å². The van der Waals surface area contributed by atoms with Gasteiger partial charge in [-0.1, -0.05) is 0 Å². The Morgan fingerprint density at radius 2 is 1.94 bits per heavy atom. The molecule has 1 rings (SSSR count). The maximum Gasteiger partial charge on any atom is 0.239 e. The lowest BCUT2D eigenvalue weighted by atomic mass is 9.98. The van der Waals surface area contributed by atoms with Crippen molar-refractivity contribution in [2.45, 2.75) is 39.7 Å². The number of likely N-dealkylation sites (N-methyl/N-ethyl adjacent to an activating group) is 1. The first-order valence-corrected chi connectivity index (χ1v) is 6.91. The summed E-state index contributed by atoms with van der Waals surface area (Å²) in [6.07, 6.45) is 2.44. The molecular formula is C13H27N3O. The molecule has 4 nitrogen and oxygen atoms in total. The number of amides is 1. The summed E-state index contributed by atoms with van der Waals surface area (Å²) in [7, 11) is 0. The van der Waals surface area contributed by atoms with Gasteiger partial charge in [-0.3, -0.25) is 4.79 Å². The van der Waals surface area contributed by atoms with E-state index < -0.39 is 0 Å². The number of nitrogens with zero attached hydrogens (tertiary/aromatic N) is 1. The van der Waals surface area contributed by atoms with Gasteiger partial charge in [-0.15, -0.1) is 0 Å². The molecule has 0 spiro atoms. The van der Waals surface area contributed by atoms with E-state index in [2.05, 4.69) is 10.6 Å². The van der Waals surface area contributed by atoms with Crippen molar-refractivity contribution in [3.8, 4) is 0 Å². The lowest BCUT2D eigenvalue weighted by Gasteiger charge is -2.27. The van der Waals surface area contributed by atoms with Crippen LogP contribution in [0.4, 0.5) is 0 Å². The molecule has 0 aromatic heterocycles. The standard InChI is InChI=1S/C13H27N3O/c1-4-16(5-2)13(17)11(3)15-10-12-6-8-14-9-7-12/h11-12,14-15H,4-10H2,1-3H3. The molecule has 100 valence electrons. The summed E-state index contributed by atoms with van der Waals surface area (Å²) in [6.45, 7) is 10.8. The lowest BCUT2D eigenvalue weighted by molar-refractivity contribution is -0.132. The van der Waals surface area contributed by atoms with Gasteiger partial charge in [0.2, 0.25) is 5.91 Å². The number of rotatable bonds is 6. The molecule has 1 amide bonds. The van der Waals surface area contributed by atoms with Crippen LogP contribution in [0, 0.1) is 5.92 Å². The number of hydrogen-bond acceptors (Lipinski definition) is 3. The van der Waals surface area contributed by atoms with Crippen molar-refractivity contribution >= 4 is 5.91 Å². The van der Waals surface area contributed by atoms with Gasteiger partial charge < -0.3 is 15.5 Å². The van der Waals surface area contributed by atoms with Crippen LogP contribution in [0.5, 0.6) is 0 Å². The number of nitrogens with one attached hydrogen (secondary N) is 2. The van der Waals surface area contributed by atoms with Crippen molar-refractivity contribution in [3.63, 3.8) is 0 Å². The molecule has 1 aliphatic rings. The van der Waals surface area contributed by atoms with Crippen LogP contribution in [-0.2, 0) is 4.79 Å². The summed E-state index contributed by atoms with van der Waals surface area (Å²) in [5, 5.41) is 6.74. The minimum absolute atomic E-state index is 0.0511. The van der Waals surface area contributed by atoms with Crippen LogP contribution in [0.15, 0.2) is 0 Å². The van der Waals surface area contributed by atoms with Crippen molar-refractivity contribution in [1.29, 1.82) is 0 Å². The maximum atomic E-state index is 12.0. The molecule has 0 aromatic carbocycles. The molecule has 1 unspecified atom stereocenters. The van der Waals surface area contributed by atoms with E-state index in [0.717, 1.165) is 38.6 Å². The Kier molecular flexibility index (Phi) is 6.52. The molecule has 1 atom stereocenters. The maximum absolute atomic E-state index is 12.0. The molecule has 1 heterocycles. The van der Waals surface area contributed by atoms with Gasteiger partial charge in [0, 0.05) is 13.1 Å². The van der Waals surface area contributed by atoms with Crippen LogP contribution >= 0.6 is 0 Å². The Hall–Kier alpha value is -0.610. The summed E-state index contributed by atoms with van der Waals surface area (Å²) >= 11 is 0. The van der Waals surface area contributed by atoms with E-state index in [-0.39, 0.29) is 11.9 Å². The first-order valence-electron chi connectivity index (χ1n) is 6.91. The highest BCUT2D eigenvalue weighted by molar-refractivity contribution is 5.81. The second-order valence-corrected chi connectivity index (χ2v) is 4.83. The van der Waals surface area contributed by atoms with E-state index in [4.69, 9.17) is 0 Å². The van der Waals surface area contributed by atoms with Crippen molar-refractivity contribution in [1.82, 2.24) is 15.5 Å². The van der Waals surface area contributed by atoms with Crippen molar-refractivity contribution in [2.24, 2.45) is 5.92 Å². The smallest absolute Gasteiger partial charge is 0.239 e. The molecule has 1 fully saturated rings. The van der Waals surface area contributed by atoms with E-state index in [9.17, 15) is 4.79 Å². The molecule has 2 N–H and O–H groups in total. The molecule has 0 aromatic rings. The average Bonchev–Trinajstić information content (AvgIpc) is 2.38.